The van der Waals surface area contributed by atoms with Crippen molar-refractivity contribution in [2.45, 2.75) is 56.6 Å². The van der Waals surface area contributed by atoms with E-state index in [1.807, 2.05) is 12.1 Å². The Morgan fingerprint density at radius 1 is 1.22 bits per heavy atom. The summed E-state index contributed by atoms with van der Waals surface area (Å²) in [6, 6.07) is 7.08. The summed E-state index contributed by atoms with van der Waals surface area (Å²) in [5.74, 6) is -2.68. The van der Waals surface area contributed by atoms with Crippen molar-refractivity contribution in [3.05, 3.63) is 59.2 Å². The van der Waals surface area contributed by atoms with Gasteiger partial charge in [-0.15, -0.1) is 0 Å². The van der Waals surface area contributed by atoms with Crippen molar-refractivity contribution < 1.29 is 45.5 Å². The largest absolute Gasteiger partial charge is 0.481 e. The zero-order chi connectivity index (χ0) is 27.0. The van der Waals surface area contributed by atoms with Crippen LogP contribution in [0.4, 0.5) is 26.3 Å². The second-order valence-corrected chi connectivity index (χ2v) is 9.05. The third-order valence-corrected chi connectivity index (χ3v) is 6.32. The normalized spacial score (nSPS) is 23.4. The summed E-state index contributed by atoms with van der Waals surface area (Å²) in [4.78, 5) is 15.1. The summed E-state index contributed by atoms with van der Waals surface area (Å²) < 4.78 is 88.9. The van der Waals surface area contributed by atoms with Crippen molar-refractivity contribution in [1.29, 1.82) is 0 Å². The molecule has 13 heteroatoms. The molecule has 2 aromatic rings. The van der Waals surface area contributed by atoms with Crippen molar-refractivity contribution >= 4 is 5.97 Å². The van der Waals surface area contributed by atoms with E-state index in [0.717, 1.165) is 11.6 Å². The summed E-state index contributed by atoms with van der Waals surface area (Å²) in [7, 11) is 0. The van der Waals surface area contributed by atoms with E-state index in [2.05, 4.69) is 20.2 Å². The molecule has 1 aliphatic heterocycles. The second kappa shape index (κ2) is 10.2. The first-order valence-corrected chi connectivity index (χ1v) is 11.4. The van der Waals surface area contributed by atoms with E-state index in [0.29, 0.717) is 25.5 Å². The minimum absolute atomic E-state index is 0.00402. The fourth-order valence-corrected chi connectivity index (χ4v) is 4.32. The molecule has 4 atom stereocenters. The number of aliphatic carboxylic acids is 1. The van der Waals surface area contributed by atoms with Gasteiger partial charge in [0.1, 0.15) is 5.76 Å². The van der Waals surface area contributed by atoms with Crippen LogP contribution in [0.15, 0.2) is 52.3 Å². The Labute approximate surface area is 207 Å². The predicted molar refractivity (Wildman–Crippen MR) is 117 cm³/mol. The van der Waals surface area contributed by atoms with Crippen LogP contribution in [0.1, 0.15) is 49.6 Å². The first-order chi connectivity index (χ1) is 17.3. The van der Waals surface area contributed by atoms with Crippen LogP contribution in [0, 0.1) is 5.92 Å². The van der Waals surface area contributed by atoms with Gasteiger partial charge in [-0.25, -0.2) is 0 Å². The number of nitrogens with one attached hydrogen (secondary N) is 1. The van der Waals surface area contributed by atoms with Gasteiger partial charge in [0, 0.05) is 18.0 Å². The summed E-state index contributed by atoms with van der Waals surface area (Å²) >= 11 is 0. The number of hydrogen-bond acceptors (Lipinski definition) is 6. The number of carbonyl (C=O) groups is 1. The smallest absolute Gasteiger partial charge is 0.425 e. The molecular formula is C24H23F6N3O4. The Bertz CT molecular complexity index is 1190. The fraction of sp³-hybridized carbons (Fsp3) is 0.458. The van der Waals surface area contributed by atoms with E-state index >= 15 is 0 Å². The highest BCUT2D eigenvalue weighted by Gasteiger charge is 2.44. The number of nitrogens with zero attached hydrogens (tertiary/aromatic N) is 2. The van der Waals surface area contributed by atoms with Gasteiger partial charge in [0.25, 0.3) is 0 Å². The van der Waals surface area contributed by atoms with Gasteiger partial charge in [-0.05, 0) is 43.9 Å². The molecule has 0 spiro atoms. The van der Waals surface area contributed by atoms with Crippen LogP contribution in [0.2, 0.25) is 0 Å². The van der Waals surface area contributed by atoms with Gasteiger partial charge in [0.15, 0.2) is 6.10 Å². The highest BCUT2D eigenvalue weighted by Crippen LogP contribution is 2.41. The molecule has 7 nitrogen and oxygen atoms in total. The van der Waals surface area contributed by atoms with Crippen molar-refractivity contribution in [3.8, 4) is 11.4 Å². The maximum Gasteiger partial charge on any atom is 0.425 e. The molecule has 2 heterocycles. The fourth-order valence-electron chi connectivity index (χ4n) is 4.32. The highest BCUT2D eigenvalue weighted by atomic mass is 19.4. The first kappa shape index (κ1) is 26.7. The lowest BCUT2D eigenvalue weighted by atomic mass is 9.92. The van der Waals surface area contributed by atoms with E-state index < -0.39 is 48.1 Å². The number of rotatable bonds is 7. The van der Waals surface area contributed by atoms with Gasteiger partial charge in [-0.2, -0.15) is 31.3 Å². The number of halogens is 6. The number of allylic oxidation sites excluding steroid dienone is 3. The standard InChI is InChI=1S/C24H23F6N3O4/c1-12(23(25,26)27)36-19-7-6-16(10-17(19)24(28,29)30)22-32-21(33-37-22)15-4-2-14(3-5-15)18-8-13(11-31-18)9-20(34)35/h2-7,12-13,16,18,31H,8-11H2,1H3,(H,34,35). The summed E-state index contributed by atoms with van der Waals surface area (Å²) in [6.45, 7) is 1.23. The summed E-state index contributed by atoms with van der Waals surface area (Å²) in [6.07, 6.45) is -10.0. The second-order valence-electron chi connectivity index (χ2n) is 9.05. The van der Waals surface area contributed by atoms with Crippen LogP contribution in [0.3, 0.4) is 0 Å². The number of carboxylic acid groups (broad SMARTS) is 1. The van der Waals surface area contributed by atoms with Crippen molar-refractivity contribution in [3.63, 3.8) is 0 Å². The molecule has 0 radical (unpaired) electrons. The SMILES string of the molecule is CC(OC1=C(C(F)(F)F)CC(c2nc(-c3ccc(C4CC(CC(=O)O)CN4)cc3)no2)C=C1)C(F)(F)F. The quantitative estimate of drug-likeness (QED) is 0.443. The minimum atomic E-state index is -4.92. The van der Waals surface area contributed by atoms with E-state index in [9.17, 15) is 31.1 Å². The maximum atomic E-state index is 13.6. The molecule has 1 aliphatic carbocycles. The van der Waals surface area contributed by atoms with Gasteiger partial charge in [-0.3, -0.25) is 4.79 Å². The average molecular weight is 531 g/mol. The molecule has 4 rings (SSSR count). The molecule has 200 valence electrons. The van der Waals surface area contributed by atoms with Crippen LogP contribution < -0.4 is 5.32 Å². The lowest BCUT2D eigenvalue weighted by Gasteiger charge is -2.25. The van der Waals surface area contributed by atoms with Crippen molar-refractivity contribution in [2.75, 3.05) is 6.54 Å². The van der Waals surface area contributed by atoms with Crippen molar-refractivity contribution in [1.82, 2.24) is 15.5 Å². The Hall–Kier alpha value is -3.35. The van der Waals surface area contributed by atoms with Crippen LogP contribution in [0.5, 0.6) is 0 Å². The summed E-state index contributed by atoms with van der Waals surface area (Å²) in [5.41, 5.74) is 0.245. The lowest BCUT2D eigenvalue weighted by Crippen LogP contribution is -2.30. The van der Waals surface area contributed by atoms with Crippen LogP contribution in [-0.2, 0) is 9.53 Å². The summed E-state index contributed by atoms with van der Waals surface area (Å²) in [5, 5.41) is 16.1. The van der Waals surface area contributed by atoms with E-state index in [1.165, 1.54) is 6.08 Å². The number of benzene rings is 1. The zero-order valence-electron chi connectivity index (χ0n) is 19.4. The van der Waals surface area contributed by atoms with Gasteiger partial charge < -0.3 is 19.7 Å². The number of hydrogen-bond donors (Lipinski definition) is 2. The monoisotopic (exact) mass is 531 g/mol. The number of aromatic nitrogens is 2. The van der Waals surface area contributed by atoms with Crippen LogP contribution in [0.25, 0.3) is 11.4 Å². The van der Waals surface area contributed by atoms with Gasteiger partial charge >= 0.3 is 18.3 Å². The van der Waals surface area contributed by atoms with E-state index in [-0.39, 0.29) is 30.1 Å². The topological polar surface area (TPSA) is 97.5 Å². The Balaban J connectivity index is 1.46. The molecule has 2 N–H and O–H groups in total. The van der Waals surface area contributed by atoms with Crippen LogP contribution in [-0.4, -0.2) is 46.2 Å². The highest BCUT2D eigenvalue weighted by molar-refractivity contribution is 5.67. The lowest BCUT2D eigenvalue weighted by molar-refractivity contribution is -0.204. The van der Waals surface area contributed by atoms with Crippen LogP contribution >= 0.6 is 0 Å². The Morgan fingerprint density at radius 3 is 2.54 bits per heavy atom. The molecule has 1 fully saturated rings. The number of carboxylic acids is 1. The average Bonchev–Trinajstić information content (AvgIpc) is 3.48. The molecule has 0 saturated carbocycles. The molecule has 2 aliphatic rings. The molecule has 4 unspecified atom stereocenters. The molecular weight excluding hydrogens is 508 g/mol. The van der Waals surface area contributed by atoms with E-state index in [4.69, 9.17) is 9.63 Å². The Kier molecular flexibility index (Phi) is 7.36. The number of alkyl halides is 6. The van der Waals surface area contributed by atoms with Crippen molar-refractivity contribution in [2.24, 2.45) is 5.92 Å². The molecule has 1 aromatic carbocycles. The molecule has 0 amide bonds. The zero-order valence-corrected chi connectivity index (χ0v) is 19.4. The van der Waals surface area contributed by atoms with E-state index in [1.54, 1.807) is 12.1 Å². The predicted octanol–water partition coefficient (Wildman–Crippen LogP) is 5.69. The number of ether oxygens (including phenoxy) is 1. The maximum absolute atomic E-state index is 13.6. The molecule has 0 bridgehead atoms. The Morgan fingerprint density at radius 2 is 1.92 bits per heavy atom. The third kappa shape index (κ3) is 6.32. The first-order valence-electron chi connectivity index (χ1n) is 11.4. The minimum Gasteiger partial charge on any atom is -0.481 e. The van der Waals surface area contributed by atoms with Gasteiger partial charge in [-0.1, -0.05) is 35.5 Å². The van der Waals surface area contributed by atoms with Gasteiger partial charge in [0.2, 0.25) is 11.7 Å². The molecule has 1 saturated heterocycles. The molecule has 37 heavy (non-hydrogen) atoms. The van der Waals surface area contributed by atoms with Gasteiger partial charge in [0.05, 0.1) is 11.5 Å². The third-order valence-electron chi connectivity index (χ3n) is 6.32. The molecule has 1 aromatic heterocycles.